The number of halogens is 6. The van der Waals surface area contributed by atoms with Gasteiger partial charge in [-0.15, -0.1) is 13.2 Å². The normalized spacial score (nSPS) is 13.2. The Balaban J connectivity index is 5.86. The second-order valence-corrected chi connectivity index (χ2v) is 2.69. The minimum Gasteiger partial charge on any atom is -0.465 e. The highest BCUT2D eigenvalue weighted by atomic mass is 19.4. The first-order valence-corrected chi connectivity index (χ1v) is 4.04. The van der Waals surface area contributed by atoms with Crippen LogP contribution in [-0.4, -0.2) is 31.6 Å². The number of nitrogens with zero attached hydrogens (tertiary/aromatic N) is 1. The van der Waals surface area contributed by atoms with Gasteiger partial charge in [0, 0.05) is 0 Å². The summed E-state index contributed by atoms with van der Waals surface area (Å²) in [7, 11) is 0.572. The van der Waals surface area contributed by atoms with Crippen LogP contribution in [0.1, 0.15) is 0 Å². The summed E-state index contributed by atoms with van der Waals surface area (Å²) in [6.07, 6.45) is -11.4. The highest BCUT2D eigenvalue weighted by Gasteiger charge is 2.48. The molecule has 19 heavy (non-hydrogen) atoms. The van der Waals surface area contributed by atoms with Crippen molar-refractivity contribution < 1.29 is 45.4 Å². The van der Waals surface area contributed by atoms with Crippen molar-refractivity contribution in [3.05, 3.63) is 11.1 Å². The fourth-order valence-electron chi connectivity index (χ4n) is 0.821. The van der Waals surface area contributed by atoms with E-state index in [9.17, 15) is 35.9 Å². The number of carbonyl (C=O) groups excluding carboxylic acids is 2. The van der Waals surface area contributed by atoms with Crippen LogP contribution in [0.5, 0.6) is 0 Å². The van der Waals surface area contributed by atoms with E-state index in [0.717, 1.165) is 0 Å². The monoisotopic (exact) mass is 291 g/mol. The summed E-state index contributed by atoms with van der Waals surface area (Å²) in [6, 6.07) is 0.643. The minimum absolute atomic E-state index is 0.572. The summed E-state index contributed by atoms with van der Waals surface area (Å²) in [5, 5.41) is 8.31. The van der Waals surface area contributed by atoms with Crippen molar-refractivity contribution in [1.82, 2.24) is 0 Å². The van der Waals surface area contributed by atoms with Crippen LogP contribution in [0.3, 0.4) is 0 Å². The van der Waals surface area contributed by atoms with Crippen LogP contribution in [-0.2, 0) is 19.1 Å². The number of alkyl halides is 6. The Hall–Kier alpha value is -2.25. The van der Waals surface area contributed by atoms with Gasteiger partial charge in [0.2, 0.25) is 0 Å². The van der Waals surface area contributed by atoms with Crippen LogP contribution < -0.4 is 0 Å². The van der Waals surface area contributed by atoms with Crippen molar-refractivity contribution >= 4 is 11.9 Å². The molecule has 0 fully saturated rings. The molecule has 0 amide bonds. The van der Waals surface area contributed by atoms with Gasteiger partial charge in [-0.3, -0.25) is 0 Å². The summed E-state index contributed by atoms with van der Waals surface area (Å²) in [5.41, 5.74) is -4.64. The van der Waals surface area contributed by atoms with Gasteiger partial charge in [0.1, 0.15) is 6.07 Å². The first-order valence-electron chi connectivity index (χ1n) is 4.04. The first kappa shape index (κ1) is 16.8. The van der Waals surface area contributed by atoms with Gasteiger partial charge in [-0.2, -0.15) is 18.4 Å². The molecule has 0 unspecified atom stereocenters. The van der Waals surface area contributed by atoms with Gasteiger partial charge in [0.25, 0.3) is 0 Å². The van der Waals surface area contributed by atoms with Crippen molar-refractivity contribution in [1.29, 1.82) is 5.26 Å². The molecule has 11 heteroatoms. The SMILES string of the molecule is COC(=O)C(C#N)=C(C(=O)OC(F)(F)F)C(F)(F)F. The van der Waals surface area contributed by atoms with Crippen LogP contribution in [0, 0.1) is 11.3 Å². The number of rotatable bonds is 2. The lowest BCUT2D eigenvalue weighted by atomic mass is 10.1. The van der Waals surface area contributed by atoms with Gasteiger partial charge < -0.3 is 9.47 Å². The number of nitriles is 1. The average Bonchev–Trinajstić information content (AvgIpc) is 2.19. The van der Waals surface area contributed by atoms with Crippen molar-refractivity contribution in [3.8, 4) is 6.07 Å². The fourth-order valence-corrected chi connectivity index (χ4v) is 0.821. The first-order chi connectivity index (χ1) is 8.44. The molecule has 0 aliphatic rings. The van der Waals surface area contributed by atoms with Crippen LogP contribution in [0.15, 0.2) is 11.1 Å². The van der Waals surface area contributed by atoms with E-state index in [-0.39, 0.29) is 0 Å². The smallest absolute Gasteiger partial charge is 0.465 e. The molecule has 0 saturated heterocycles. The molecule has 0 rings (SSSR count). The Morgan fingerprint density at radius 3 is 1.79 bits per heavy atom. The van der Waals surface area contributed by atoms with Gasteiger partial charge in [-0.05, 0) is 0 Å². The summed E-state index contributed by atoms with van der Waals surface area (Å²) in [4.78, 5) is 21.6. The van der Waals surface area contributed by atoms with Gasteiger partial charge in [-0.25, -0.2) is 9.59 Å². The van der Waals surface area contributed by atoms with E-state index < -0.39 is 35.6 Å². The largest absolute Gasteiger partial charge is 0.575 e. The van der Waals surface area contributed by atoms with E-state index in [1.54, 1.807) is 0 Å². The Morgan fingerprint density at radius 2 is 1.53 bits per heavy atom. The topological polar surface area (TPSA) is 76.4 Å². The average molecular weight is 291 g/mol. The van der Waals surface area contributed by atoms with Crippen molar-refractivity contribution in [3.63, 3.8) is 0 Å². The Labute approximate surface area is 101 Å². The third-order valence-corrected chi connectivity index (χ3v) is 1.45. The molecule has 0 saturated carbocycles. The zero-order valence-corrected chi connectivity index (χ0v) is 8.85. The van der Waals surface area contributed by atoms with Crippen LogP contribution >= 0.6 is 0 Å². The second-order valence-electron chi connectivity index (χ2n) is 2.69. The molecule has 0 aliphatic carbocycles. The van der Waals surface area contributed by atoms with Crippen LogP contribution in [0.25, 0.3) is 0 Å². The molecule has 0 aromatic rings. The maximum Gasteiger partial charge on any atom is 0.575 e. The Bertz CT molecular complexity index is 455. The number of hydrogen-bond donors (Lipinski definition) is 0. The van der Waals surface area contributed by atoms with Gasteiger partial charge in [-0.1, -0.05) is 0 Å². The number of esters is 2. The standard InChI is InChI=1S/C8H3F6NO4/c1-18-5(16)3(2-15)4(7(9,10)11)6(17)19-8(12,13)14/h1H3. The minimum atomic E-state index is -5.71. The van der Waals surface area contributed by atoms with Crippen molar-refractivity contribution in [2.24, 2.45) is 0 Å². The number of ether oxygens (including phenoxy) is 2. The molecule has 0 radical (unpaired) electrons. The predicted octanol–water partition coefficient (Wildman–Crippen LogP) is 1.60. The lowest BCUT2D eigenvalue weighted by Crippen LogP contribution is -2.30. The maximum atomic E-state index is 12.4. The van der Waals surface area contributed by atoms with Crippen molar-refractivity contribution in [2.45, 2.75) is 12.5 Å². The van der Waals surface area contributed by atoms with E-state index >= 15 is 0 Å². The van der Waals surface area contributed by atoms with E-state index in [1.165, 1.54) is 0 Å². The predicted molar refractivity (Wildman–Crippen MR) is 42.9 cm³/mol. The van der Waals surface area contributed by atoms with Gasteiger partial charge in [0.05, 0.1) is 7.11 Å². The summed E-state index contributed by atoms with van der Waals surface area (Å²) in [6.45, 7) is 0. The van der Waals surface area contributed by atoms with Gasteiger partial charge in [0.15, 0.2) is 11.1 Å². The molecule has 5 nitrogen and oxygen atoms in total. The molecule has 0 aromatic carbocycles. The van der Waals surface area contributed by atoms with Crippen molar-refractivity contribution in [2.75, 3.05) is 7.11 Å². The number of methoxy groups -OCH3 is 1. The number of carbonyl (C=O) groups is 2. The van der Waals surface area contributed by atoms with E-state index in [2.05, 4.69) is 9.47 Å². The lowest BCUT2D eigenvalue weighted by molar-refractivity contribution is -0.305. The number of hydrogen-bond acceptors (Lipinski definition) is 5. The van der Waals surface area contributed by atoms with Crippen LogP contribution in [0.4, 0.5) is 26.3 Å². The molecule has 0 aliphatic heterocycles. The zero-order valence-electron chi connectivity index (χ0n) is 8.85. The molecule has 0 heterocycles. The quantitative estimate of drug-likeness (QED) is 0.334. The molecule has 0 bridgehead atoms. The highest BCUT2D eigenvalue weighted by Crippen LogP contribution is 2.31. The second kappa shape index (κ2) is 5.59. The molecule has 106 valence electrons. The summed E-state index contributed by atoms with van der Waals surface area (Å²) >= 11 is 0. The molecule has 0 spiro atoms. The van der Waals surface area contributed by atoms with E-state index in [4.69, 9.17) is 5.26 Å². The molecule has 0 aromatic heterocycles. The fraction of sp³-hybridized carbons (Fsp3) is 0.375. The Morgan fingerprint density at radius 1 is 1.05 bits per heavy atom. The Kier molecular flexibility index (Phi) is 4.93. The molecular weight excluding hydrogens is 288 g/mol. The van der Waals surface area contributed by atoms with E-state index in [1.807, 2.05) is 0 Å². The molecule has 0 atom stereocenters. The molecular formula is C8H3F6NO4. The summed E-state index contributed by atoms with van der Waals surface area (Å²) < 4.78 is 78.5. The maximum absolute atomic E-state index is 12.4. The third kappa shape index (κ3) is 4.86. The lowest BCUT2D eigenvalue weighted by Gasteiger charge is -2.13. The van der Waals surface area contributed by atoms with Gasteiger partial charge >= 0.3 is 24.5 Å². The molecule has 0 N–H and O–H groups in total. The summed E-state index contributed by atoms with van der Waals surface area (Å²) in [5.74, 6) is -4.85. The van der Waals surface area contributed by atoms with E-state index in [0.29, 0.717) is 13.2 Å². The third-order valence-electron chi connectivity index (χ3n) is 1.45. The van der Waals surface area contributed by atoms with Crippen LogP contribution in [0.2, 0.25) is 0 Å². The zero-order chi connectivity index (χ0) is 15.4. The highest BCUT2D eigenvalue weighted by molar-refractivity contribution is 6.04.